The molecule has 1 aliphatic carbocycles. The van der Waals surface area contributed by atoms with Crippen LogP contribution in [0.3, 0.4) is 0 Å². The normalized spacial score (nSPS) is 15.0. The van der Waals surface area contributed by atoms with Crippen LogP contribution in [-0.2, 0) is 6.54 Å². The fourth-order valence-corrected chi connectivity index (χ4v) is 3.50. The van der Waals surface area contributed by atoms with Gasteiger partial charge in [0.15, 0.2) is 22.7 Å². The molecule has 0 amide bonds. The highest BCUT2D eigenvalue weighted by Gasteiger charge is 2.23. The molecule has 1 aliphatic rings. The molecule has 2 aromatic heterocycles. The van der Waals surface area contributed by atoms with Gasteiger partial charge in [0, 0.05) is 12.5 Å². The van der Waals surface area contributed by atoms with Gasteiger partial charge in [-0.15, -0.1) is 0 Å². The number of aromatic nitrogens is 4. The number of nitrogens with zero attached hydrogens (tertiary/aromatic N) is 3. The fraction of sp³-hybridized carbons (Fsp3) is 0.421. The van der Waals surface area contributed by atoms with Gasteiger partial charge in [0.1, 0.15) is 5.82 Å². The van der Waals surface area contributed by atoms with Gasteiger partial charge in [-0.3, -0.25) is 9.36 Å². The van der Waals surface area contributed by atoms with Gasteiger partial charge in [0.25, 0.3) is 5.56 Å². The number of halogens is 1. The molecule has 136 valence electrons. The van der Waals surface area contributed by atoms with E-state index in [1.807, 2.05) is 6.92 Å². The molecule has 0 saturated heterocycles. The van der Waals surface area contributed by atoms with E-state index >= 15 is 0 Å². The third-order valence-corrected chi connectivity index (χ3v) is 4.82. The van der Waals surface area contributed by atoms with Crippen molar-refractivity contribution in [2.45, 2.75) is 51.5 Å². The highest BCUT2D eigenvalue weighted by molar-refractivity contribution is 5.70. The van der Waals surface area contributed by atoms with E-state index in [0.29, 0.717) is 23.6 Å². The molecular formula is C19H21FN4O2. The predicted octanol–water partition coefficient (Wildman–Crippen LogP) is 4.12. The van der Waals surface area contributed by atoms with Crippen molar-refractivity contribution >= 4 is 11.2 Å². The number of para-hydroxylation sites is 1. The monoisotopic (exact) mass is 356 g/mol. The molecule has 4 rings (SSSR count). The van der Waals surface area contributed by atoms with Gasteiger partial charge >= 0.3 is 6.01 Å². The van der Waals surface area contributed by atoms with E-state index < -0.39 is 5.82 Å². The Bertz CT molecular complexity index is 989. The van der Waals surface area contributed by atoms with Crippen molar-refractivity contribution in [3.05, 3.63) is 46.3 Å². The lowest BCUT2D eigenvalue weighted by molar-refractivity contribution is 0.377. The van der Waals surface area contributed by atoms with E-state index in [1.54, 1.807) is 12.1 Å². The van der Waals surface area contributed by atoms with Gasteiger partial charge in [-0.25, -0.2) is 9.37 Å². The zero-order valence-corrected chi connectivity index (χ0v) is 14.7. The van der Waals surface area contributed by atoms with Crippen LogP contribution in [0.1, 0.15) is 50.8 Å². The van der Waals surface area contributed by atoms with Gasteiger partial charge in [0.2, 0.25) is 0 Å². The first-order valence-corrected chi connectivity index (χ1v) is 9.10. The van der Waals surface area contributed by atoms with Crippen LogP contribution in [0.4, 0.5) is 4.39 Å². The highest BCUT2D eigenvalue weighted by Crippen LogP contribution is 2.33. The molecule has 0 unspecified atom stereocenters. The molecule has 1 N–H and O–H groups in total. The first kappa shape index (κ1) is 16.8. The number of hydrogen-bond acceptors (Lipinski definition) is 4. The SMILES string of the molecule is CCCn1c(Oc2ccccc2F)nc2nc(C3CCCC3)[nH]c2c1=O. The third-order valence-electron chi connectivity index (χ3n) is 4.82. The molecule has 6 nitrogen and oxygen atoms in total. The number of fused-ring (bicyclic) bond motifs is 1. The van der Waals surface area contributed by atoms with Crippen LogP contribution in [-0.4, -0.2) is 19.5 Å². The average molecular weight is 356 g/mol. The number of imidazole rings is 1. The Labute approximate surface area is 150 Å². The minimum absolute atomic E-state index is 0.0372. The highest BCUT2D eigenvalue weighted by atomic mass is 19.1. The number of hydrogen-bond donors (Lipinski definition) is 1. The second-order valence-corrected chi connectivity index (χ2v) is 6.69. The van der Waals surface area contributed by atoms with Crippen LogP contribution in [0.2, 0.25) is 0 Å². The van der Waals surface area contributed by atoms with Crippen molar-refractivity contribution in [2.24, 2.45) is 0 Å². The number of benzene rings is 1. The number of ether oxygens (including phenoxy) is 1. The molecule has 0 bridgehead atoms. The van der Waals surface area contributed by atoms with Gasteiger partial charge in [-0.2, -0.15) is 4.98 Å². The summed E-state index contributed by atoms with van der Waals surface area (Å²) >= 11 is 0. The maximum atomic E-state index is 14.0. The maximum Gasteiger partial charge on any atom is 0.307 e. The third kappa shape index (κ3) is 2.98. The standard InChI is InChI=1S/C19H21FN4O2/c1-2-11-24-18(25)15-17(22-16(21-15)12-7-3-4-8-12)23-19(24)26-14-10-6-5-9-13(14)20/h5-6,9-10,12H,2-4,7-8,11H2,1H3,(H,21,22). The molecule has 0 atom stereocenters. The molecule has 2 heterocycles. The number of aromatic amines is 1. The van der Waals surface area contributed by atoms with Crippen molar-refractivity contribution in [1.29, 1.82) is 0 Å². The topological polar surface area (TPSA) is 72.8 Å². The summed E-state index contributed by atoms with van der Waals surface area (Å²) in [6.07, 6.45) is 5.22. The molecule has 1 aromatic carbocycles. The lowest BCUT2D eigenvalue weighted by Gasteiger charge is -2.11. The lowest BCUT2D eigenvalue weighted by atomic mass is 10.1. The van der Waals surface area contributed by atoms with Crippen LogP contribution in [0.5, 0.6) is 11.8 Å². The summed E-state index contributed by atoms with van der Waals surface area (Å²) in [6, 6.07) is 6.14. The molecule has 26 heavy (non-hydrogen) atoms. The summed E-state index contributed by atoms with van der Waals surface area (Å²) in [7, 11) is 0. The summed E-state index contributed by atoms with van der Waals surface area (Å²) in [6.45, 7) is 2.39. The summed E-state index contributed by atoms with van der Waals surface area (Å²) in [4.78, 5) is 25.0. The van der Waals surface area contributed by atoms with Crippen molar-refractivity contribution in [1.82, 2.24) is 19.5 Å². The van der Waals surface area contributed by atoms with E-state index in [-0.39, 0.29) is 17.3 Å². The Hall–Kier alpha value is -2.70. The summed E-state index contributed by atoms with van der Waals surface area (Å²) in [5, 5.41) is 0. The maximum absolute atomic E-state index is 14.0. The average Bonchev–Trinajstić information content (AvgIpc) is 3.29. The minimum Gasteiger partial charge on any atom is -0.422 e. The number of H-pyrrole nitrogens is 1. The summed E-state index contributed by atoms with van der Waals surface area (Å²) in [5.74, 6) is 0.695. The van der Waals surface area contributed by atoms with Gasteiger partial charge in [-0.1, -0.05) is 31.9 Å². The van der Waals surface area contributed by atoms with E-state index in [9.17, 15) is 9.18 Å². The van der Waals surface area contributed by atoms with Crippen molar-refractivity contribution in [2.75, 3.05) is 0 Å². The van der Waals surface area contributed by atoms with Crippen molar-refractivity contribution in [3.63, 3.8) is 0 Å². The molecule has 7 heteroatoms. The van der Waals surface area contributed by atoms with Crippen LogP contribution >= 0.6 is 0 Å². The smallest absolute Gasteiger partial charge is 0.307 e. The summed E-state index contributed by atoms with van der Waals surface area (Å²) in [5.41, 5.74) is 0.483. The Morgan fingerprint density at radius 1 is 1.27 bits per heavy atom. The molecule has 0 radical (unpaired) electrons. The molecule has 3 aromatic rings. The largest absolute Gasteiger partial charge is 0.422 e. The first-order valence-electron chi connectivity index (χ1n) is 9.10. The Morgan fingerprint density at radius 2 is 2.04 bits per heavy atom. The van der Waals surface area contributed by atoms with Gasteiger partial charge < -0.3 is 9.72 Å². The first-order chi connectivity index (χ1) is 12.7. The molecule has 1 fully saturated rings. The Kier molecular flexibility index (Phi) is 4.44. The second kappa shape index (κ2) is 6.90. The second-order valence-electron chi connectivity index (χ2n) is 6.69. The Morgan fingerprint density at radius 3 is 2.77 bits per heavy atom. The number of rotatable bonds is 5. The zero-order valence-electron chi connectivity index (χ0n) is 14.7. The predicted molar refractivity (Wildman–Crippen MR) is 96.1 cm³/mol. The van der Waals surface area contributed by atoms with E-state index in [2.05, 4.69) is 15.0 Å². The van der Waals surface area contributed by atoms with Crippen LogP contribution < -0.4 is 10.3 Å². The van der Waals surface area contributed by atoms with Crippen LogP contribution in [0, 0.1) is 5.82 Å². The summed E-state index contributed by atoms with van der Waals surface area (Å²) < 4.78 is 21.0. The van der Waals surface area contributed by atoms with Crippen molar-refractivity contribution < 1.29 is 9.13 Å². The molecule has 1 saturated carbocycles. The molecular weight excluding hydrogens is 335 g/mol. The quantitative estimate of drug-likeness (QED) is 0.746. The zero-order chi connectivity index (χ0) is 18.1. The lowest BCUT2D eigenvalue weighted by Crippen LogP contribution is -2.23. The van der Waals surface area contributed by atoms with Crippen molar-refractivity contribution in [3.8, 4) is 11.8 Å². The Balaban J connectivity index is 1.81. The fourth-order valence-electron chi connectivity index (χ4n) is 3.50. The minimum atomic E-state index is -0.501. The van der Waals surface area contributed by atoms with E-state index in [0.717, 1.165) is 25.1 Å². The molecule has 0 aliphatic heterocycles. The number of nitrogens with one attached hydrogen (secondary N) is 1. The van der Waals surface area contributed by atoms with Crippen LogP contribution in [0.15, 0.2) is 29.1 Å². The van der Waals surface area contributed by atoms with E-state index in [1.165, 1.54) is 29.5 Å². The van der Waals surface area contributed by atoms with E-state index in [4.69, 9.17) is 4.74 Å². The van der Waals surface area contributed by atoms with Gasteiger partial charge in [-0.05, 0) is 31.4 Å². The van der Waals surface area contributed by atoms with Gasteiger partial charge in [0.05, 0.1) is 0 Å². The van der Waals surface area contributed by atoms with Crippen LogP contribution in [0.25, 0.3) is 11.2 Å². The molecule has 0 spiro atoms.